The Morgan fingerprint density at radius 2 is 1.83 bits per heavy atom. The topological polar surface area (TPSA) is 149 Å². The molecule has 0 saturated heterocycles. The highest BCUT2D eigenvalue weighted by atomic mass is 79.9. The van der Waals surface area contributed by atoms with Crippen LogP contribution >= 0.6 is 27.5 Å². The summed E-state index contributed by atoms with van der Waals surface area (Å²) >= 11 is 9.64. The normalized spacial score (nSPS) is 15.0. The van der Waals surface area contributed by atoms with Crippen LogP contribution in [0.25, 0.3) is 0 Å². The first-order chi connectivity index (χ1) is 22.6. The van der Waals surface area contributed by atoms with Gasteiger partial charge >= 0.3 is 12.0 Å². The second-order valence-corrected chi connectivity index (χ2v) is 11.4. The first kappa shape index (κ1) is 35.4. The maximum Gasteiger partial charge on any atom is 0.337 e. The molecule has 12 nitrogen and oxygen atoms in total. The third kappa shape index (κ3) is 9.53. The predicted molar refractivity (Wildman–Crippen MR) is 180 cm³/mol. The SMILES string of the molecule is CCOc1cc([C@@H]2NC(=O)NC(C)=C2C(=O)OC)ccc1OC[C@@H](O)N/N=C/c1cc(Br)c(OCc2cccc(Cl)c2)c(OCC)c1. The van der Waals surface area contributed by atoms with Gasteiger partial charge in [0.25, 0.3) is 0 Å². The number of nitrogens with one attached hydrogen (secondary N) is 3. The van der Waals surface area contributed by atoms with Crippen LogP contribution in [-0.4, -0.2) is 56.5 Å². The Kier molecular flexibility index (Phi) is 12.7. The summed E-state index contributed by atoms with van der Waals surface area (Å²) in [5.41, 5.74) is 5.47. The number of ether oxygens (including phenoxy) is 5. The molecule has 0 spiro atoms. The Hall–Kier alpha value is -4.46. The summed E-state index contributed by atoms with van der Waals surface area (Å²) in [6.45, 7) is 6.19. The minimum absolute atomic E-state index is 0.169. The fourth-order valence-electron chi connectivity index (χ4n) is 4.67. The molecule has 47 heavy (non-hydrogen) atoms. The highest BCUT2D eigenvalue weighted by Gasteiger charge is 2.32. The van der Waals surface area contributed by atoms with E-state index in [0.717, 1.165) is 5.56 Å². The summed E-state index contributed by atoms with van der Waals surface area (Å²) < 4.78 is 29.0. The Morgan fingerprint density at radius 1 is 1.06 bits per heavy atom. The number of allylic oxidation sites excluding steroid dienone is 1. The monoisotopic (exact) mass is 730 g/mol. The number of aliphatic hydroxyl groups excluding tert-OH is 1. The summed E-state index contributed by atoms with van der Waals surface area (Å²) in [6, 6.07) is 14.8. The number of amides is 2. The Morgan fingerprint density at radius 3 is 2.55 bits per heavy atom. The fraction of sp³-hybridized carbons (Fsp3) is 0.303. The average Bonchev–Trinajstić information content (AvgIpc) is 3.03. The second kappa shape index (κ2) is 16.9. The van der Waals surface area contributed by atoms with Crippen molar-refractivity contribution in [1.29, 1.82) is 0 Å². The summed E-state index contributed by atoms with van der Waals surface area (Å²) in [7, 11) is 1.27. The van der Waals surface area contributed by atoms with Crippen LogP contribution in [0, 0.1) is 0 Å². The average molecular weight is 732 g/mol. The summed E-state index contributed by atoms with van der Waals surface area (Å²) in [5.74, 6) is 1.19. The van der Waals surface area contributed by atoms with Crippen LogP contribution in [0.4, 0.5) is 4.79 Å². The van der Waals surface area contributed by atoms with Gasteiger partial charge in [-0.3, -0.25) is 5.43 Å². The molecular weight excluding hydrogens is 696 g/mol. The van der Waals surface area contributed by atoms with Crippen molar-refractivity contribution in [3.63, 3.8) is 0 Å². The van der Waals surface area contributed by atoms with Crippen molar-refractivity contribution in [2.45, 2.75) is 39.6 Å². The summed E-state index contributed by atoms with van der Waals surface area (Å²) in [5, 5.41) is 20.6. The van der Waals surface area contributed by atoms with Crippen molar-refractivity contribution in [2.75, 3.05) is 26.9 Å². The first-order valence-corrected chi connectivity index (χ1v) is 15.9. The number of hydrogen-bond donors (Lipinski definition) is 4. The molecule has 2 atom stereocenters. The van der Waals surface area contributed by atoms with Crippen LogP contribution in [-0.2, 0) is 16.1 Å². The lowest BCUT2D eigenvalue weighted by Crippen LogP contribution is -2.45. The maximum atomic E-state index is 12.5. The van der Waals surface area contributed by atoms with E-state index in [0.29, 0.717) is 69.1 Å². The maximum absolute atomic E-state index is 12.5. The third-order valence-corrected chi connectivity index (χ3v) is 7.54. The number of rotatable bonds is 15. The van der Waals surface area contributed by atoms with Gasteiger partial charge in [-0.05, 0) is 89.8 Å². The minimum atomic E-state index is -1.17. The molecule has 0 saturated carbocycles. The third-order valence-electron chi connectivity index (χ3n) is 6.71. The molecule has 0 bridgehead atoms. The van der Waals surface area contributed by atoms with Crippen molar-refractivity contribution in [2.24, 2.45) is 5.10 Å². The molecule has 0 radical (unpaired) electrons. The number of esters is 1. The molecule has 0 aromatic heterocycles. The molecule has 2 amide bonds. The zero-order chi connectivity index (χ0) is 33.9. The lowest BCUT2D eigenvalue weighted by atomic mass is 9.95. The number of urea groups is 1. The number of aliphatic hydroxyl groups is 1. The Balaban J connectivity index is 1.40. The number of benzene rings is 3. The molecule has 4 rings (SSSR count). The molecule has 0 aliphatic carbocycles. The zero-order valence-electron chi connectivity index (χ0n) is 26.3. The molecule has 4 N–H and O–H groups in total. The first-order valence-electron chi connectivity index (χ1n) is 14.7. The largest absolute Gasteiger partial charge is 0.490 e. The summed E-state index contributed by atoms with van der Waals surface area (Å²) in [6.07, 6.45) is 0.357. The van der Waals surface area contributed by atoms with Gasteiger partial charge in [0.1, 0.15) is 13.2 Å². The van der Waals surface area contributed by atoms with Crippen molar-refractivity contribution in [1.82, 2.24) is 16.1 Å². The number of methoxy groups -OCH3 is 1. The number of hydrogen-bond acceptors (Lipinski definition) is 10. The smallest absolute Gasteiger partial charge is 0.337 e. The molecule has 0 unspecified atom stereocenters. The van der Waals surface area contributed by atoms with E-state index in [-0.39, 0.29) is 12.2 Å². The lowest BCUT2D eigenvalue weighted by Gasteiger charge is -2.28. The Labute approximate surface area is 286 Å². The fourth-order valence-corrected chi connectivity index (χ4v) is 5.45. The molecule has 0 fully saturated rings. The number of carbonyl (C=O) groups is 2. The summed E-state index contributed by atoms with van der Waals surface area (Å²) in [4.78, 5) is 24.6. The van der Waals surface area contributed by atoms with Crippen molar-refractivity contribution < 1.29 is 38.4 Å². The van der Waals surface area contributed by atoms with Crippen LogP contribution in [0.5, 0.6) is 23.0 Å². The van der Waals surface area contributed by atoms with E-state index in [9.17, 15) is 14.7 Å². The van der Waals surface area contributed by atoms with Gasteiger partial charge < -0.3 is 39.4 Å². The van der Waals surface area contributed by atoms with Gasteiger partial charge in [0.05, 0.1) is 42.6 Å². The molecule has 3 aromatic carbocycles. The number of hydrazone groups is 1. The van der Waals surface area contributed by atoms with Crippen LogP contribution in [0.1, 0.15) is 43.5 Å². The molecule has 250 valence electrons. The van der Waals surface area contributed by atoms with Gasteiger partial charge in [0, 0.05) is 10.7 Å². The molecule has 3 aromatic rings. The molecule has 1 heterocycles. The van der Waals surface area contributed by atoms with Gasteiger partial charge in [-0.1, -0.05) is 29.8 Å². The highest BCUT2D eigenvalue weighted by Crippen LogP contribution is 2.38. The lowest BCUT2D eigenvalue weighted by molar-refractivity contribution is -0.136. The van der Waals surface area contributed by atoms with E-state index in [4.69, 9.17) is 35.3 Å². The quantitative estimate of drug-likeness (QED) is 0.0679. The molecular formula is C33H36BrClN4O8. The van der Waals surface area contributed by atoms with Gasteiger partial charge in [0.2, 0.25) is 0 Å². The van der Waals surface area contributed by atoms with Gasteiger partial charge in [-0.2, -0.15) is 5.10 Å². The van der Waals surface area contributed by atoms with Crippen molar-refractivity contribution >= 4 is 45.7 Å². The standard InChI is InChI=1S/C33H36BrClN4O8/c1-5-44-26-15-22(30-29(32(41)43-4)19(3)37-33(42)38-30)10-11-25(26)46-18-28(40)39-36-16-21-13-24(34)31(27(14-21)45-6-2)47-17-20-8-7-9-23(35)12-20/h7-16,28,30,39-40H,5-6,17-18H2,1-4H3,(H2,37,38,42)/b36-16+/t28-,30+/m1/s1. The van der Waals surface area contributed by atoms with Crippen LogP contribution in [0.15, 0.2) is 75.4 Å². The van der Waals surface area contributed by atoms with E-state index in [1.807, 2.05) is 38.1 Å². The van der Waals surface area contributed by atoms with Crippen LogP contribution < -0.4 is 35.0 Å². The van der Waals surface area contributed by atoms with E-state index in [2.05, 4.69) is 37.1 Å². The van der Waals surface area contributed by atoms with Crippen molar-refractivity contribution in [3.05, 3.63) is 92.1 Å². The number of nitrogens with zero attached hydrogens (tertiary/aromatic N) is 1. The van der Waals surface area contributed by atoms with E-state index < -0.39 is 24.3 Å². The zero-order valence-corrected chi connectivity index (χ0v) is 28.6. The van der Waals surface area contributed by atoms with Crippen LogP contribution in [0.3, 0.4) is 0 Å². The van der Waals surface area contributed by atoms with Crippen LogP contribution in [0.2, 0.25) is 5.02 Å². The second-order valence-electron chi connectivity index (χ2n) is 10.1. The highest BCUT2D eigenvalue weighted by molar-refractivity contribution is 9.10. The minimum Gasteiger partial charge on any atom is -0.490 e. The predicted octanol–water partition coefficient (Wildman–Crippen LogP) is 5.60. The molecule has 1 aliphatic heterocycles. The number of carbonyl (C=O) groups excluding carboxylic acids is 2. The van der Waals surface area contributed by atoms with Gasteiger partial charge in [-0.25, -0.2) is 9.59 Å². The van der Waals surface area contributed by atoms with Gasteiger partial charge in [-0.15, -0.1) is 0 Å². The van der Waals surface area contributed by atoms with Crippen molar-refractivity contribution in [3.8, 4) is 23.0 Å². The van der Waals surface area contributed by atoms with Gasteiger partial charge in [0.15, 0.2) is 29.2 Å². The Bertz CT molecular complexity index is 1650. The van der Waals surface area contributed by atoms with E-state index in [1.165, 1.54) is 13.3 Å². The molecule has 1 aliphatic rings. The number of halogens is 2. The van der Waals surface area contributed by atoms with E-state index in [1.54, 1.807) is 37.3 Å². The van der Waals surface area contributed by atoms with E-state index >= 15 is 0 Å². The molecule has 14 heteroatoms.